The van der Waals surface area contributed by atoms with E-state index in [1.54, 1.807) is 36.0 Å². The summed E-state index contributed by atoms with van der Waals surface area (Å²) in [6.07, 6.45) is 0. The molecule has 0 saturated carbocycles. The zero-order chi connectivity index (χ0) is 16.7. The second-order valence-corrected chi connectivity index (χ2v) is 6.50. The Morgan fingerprint density at radius 3 is 2.30 bits per heavy atom. The first-order valence-electron chi connectivity index (χ1n) is 7.38. The van der Waals surface area contributed by atoms with E-state index in [2.05, 4.69) is 29.7 Å². The number of thioether (sulfide) groups is 1. The third kappa shape index (κ3) is 5.79. The van der Waals surface area contributed by atoms with Crippen molar-refractivity contribution >= 4 is 35.0 Å². The molecule has 5 heteroatoms. The summed E-state index contributed by atoms with van der Waals surface area (Å²) in [5.74, 6) is 0.180. The first kappa shape index (κ1) is 17.1. The maximum atomic E-state index is 12.1. The Bertz CT molecular complexity index is 674. The van der Waals surface area contributed by atoms with Gasteiger partial charge in [0.1, 0.15) is 0 Å². The molecule has 4 nitrogen and oxygen atoms in total. The van der Waals surface area contributed by atoms with Gasteiger partial charge in [-0.1, -0.05) is 36.4 Å². The molecule has 0 spiro atoms. The van der Waals surface area contributed by atoms with E-state index in [0.29, 0.717) is 17.1 Å². The van der Waals surface area contributed by atoms with Crippen molar-refractivity contribution in [2.75, 3.05) is 16.4 Å². The Morgan fingerprint density at radius 1 is 1.00 bits per heavy atom. The third-order valence-corrected chi connectivity index (χ3v) is 4.40. The van der Waals surface area contributed by atoms with Crippen LogP contribution in [0.3, 0.4) is 0 Å². The minimum atomic E-state index is -0.138. The van der Waals surface area contributed by atoms with E-state index >= 15 is 0 Å². The lowest BCUT2D eigenvalue weighted by Gasteiger charge is -2.12. The highest BCUT2D eigenvalue weighted by Gasteiger charge is 2.09. The van der Waals surface area contributed by atoms with E-state index in [0.717, 1.165) is 0 Å². The molecular formula is C18H20N2O2S. The van der Waals surface area contributed by atoms with Gasteiger partial charge in [0, 0.05) is 23.5 Å². The van der Waals surface area contributed by atoms with Crippen molar-refractivity contribution < 1.29 is 9.59 Å². The molecule has 0 aliphatic heterocycles. The molecule has 1 atom stereocenters. The van der Waals surface area contributed by atoms with Gasteiger partial charge in [-0.05, 0) is 30.7 Å². The molecule has 2 N–H and O–H groups in total. The van der Waals surface area contributed by atoms with Crippen LogP contribution in [0.25, 0.3) is 0 Å². The van der Waals surface area contributed by atoms with Crippen LogP contribution in [-0.4, -0.2) is 17.6 Å². The van der Waals surface area contributed by atoms with E-state index in [1.165, 1.54) is 12.5 Å². The zero-order valence-electron chi connectivity index (χ0n) is 13.2. The van der Waals surface area contributed by atoms with Gasteiger partial charge in [0.25, 0.3) is 0 Å². The molecular weight excluding hydrogens is 308 g/mol. The Labute approximate surface area is 140 Å². The highest BCUT2D eigenvalue weighted by Crippen LogP contribution is 2.27. The molecule has 0 unspecified atom stereocenters. The number of rotatable bonds is 6. The van der Waals surface area contributed by atoms with Gasteiger partial charge < -0.3 is 10.6 Å². The van der Waals surface area contributed by atoms with Gasteiger partial charge in [-0.25, -0.2) is 0 Å². The summed E-state index contributed by atoms with van der Waals surface area (Å²) in [5, 5.41) is 5.80. The van der Waals surface area contributed by atoms with Crippen LogP contribution >= 0.6 is 11.8 Å². The van der Waals surface area contributed by atoms with E-state index in [-0.39, 0.29) is 17.1 Å². The summed E-state index contributed by atoms with van der Waals surface area (Å²) in [6, 6.07) is 17.2. The van der Waals surface area contributed by atoms with Crippen molar-refractivity contribution in [3.05, 3.63) is 60.2 Å². The number of anilines is 2. The van der Waals surface area contributed by atoms with E-state index < -0.39 is 0 Å². The van der Waals surface area contributed by atoms with Crippen molar-refractivity contribution in [1.29, 1.82) is 0 Å². The molecule has 2 aromatic rings. The molecule has 120 valence electrons. The predicted molar refractivity (Wildman–Crippen MR) is 96.7 cm³/mol. The maximum Gasteiger partial charge on any atom is 0.234 e. The number of benzene rings is 2. The number of hydrogen-bond acceptors (Lipinski definition) is 3. The summed E-state index contributed by atoms with van der Waals surface area (Å²) in [6.45, 7) is 3.54. The monoisotopic (exact) mass is 328 g/mol. The fraction of sp³-hybridized carbons (Fsp3) is 0.222. The molecule has 0 aliphatic rings. The van der Waals surface area contributed by atoms with Gasteiger partial charge in [-0.2, -0.15) is 0 Å². The minimum absolute atomic E-state index is 0.0576. The van der Waals surface area contributed by atoms with Crippen molar-refractivity contribution in [2.45, 2.75) is 19.1 Å². The summed E-state index contributed by atoms with van der Waals surface area (Å²) < 4.78 is 0. The lowest BCUT2D eigenvalue weighted by molar-refractivity contribution is -0.114. The minimum Gasteiger partial charge on any atom is -0.326 e. The summed E-state index contributed by atoms with van der Waals surface area (Å²) >= 11 is 1.59. The second kappa shape index (κ2) is 8.39. The molecule has 23 heavy (non-hydrogen) atoms. The van der Waals surface area contributed by atoms with E-state index in [4.69, 9.17) is 0 Å². The molecule has 2 aromatic carbocycles. The van der Waals surface area contributed by atoms with Crippen LogP contribution in [0, 0.1) is 0 Å². The van der Waals surface area contributed by atoms with Crippen molar-refractivity contribution in [3.63, 3.8) is 0 Å². The molecule has 0 bridgehead atoms. The second-order valence-electron chi connectivity index (χ2n) is 5.17. The smallest absolute Gasteiger partial charge is 0.234 e. The quantitative estimate of drug-likeness (QED) is 0.840. The average Bonchev–Trinajstić information content (AvgIpc) is 2.53. The van der Waals surface area contributed by atoms with Crippen LogP contribution in [0.15, 0.2) is 54.6 Å². The predicted octanol–water partition coefficient (Wildman–Crippen LogP) is 4.08. The van der Waals surface area contributed by atoms with Crippen LogP contribution < -0.4 is 10.6 Å². The molecule has 0 fully saturated rings. The topological polar surface area (TPSA) is 58.2 Å². The van der Waals surface area contributed by atoms with Gasteiger partial charge in [-0.3, -0.25) is 9.59 Å². The van der Waals surface area contributed by atoms with Crippen LogP contribution in [0.4, 0.5) is 11.4 Å². The van der Waals surface area contributed by atoms with Crippen molar-refractivity contribution in [1.82, 2.24) is 0 Å². The van der Waals surface area contributed by atoms with Gasteiger partial charge in [0.05, 0.1) is 5.75 Å². The summed E-state index contributed by atoms with van der Waals surface area (Å²) in [4.78, 5) is 23.1. The first-order chi connectivity index (χ1) is 11.0. The van der Waals surface area contributed by atoms with Gasteiger partial charge in [0.2, 0.25) is 11.8 Å². The number of carbonyl (C=O) groups is 2. The number of hydrogen-bond donors (Lipinski definition) is 2. The Hall–Kier alpha value is -2.27. The fourth-order valence-electron chi connectivity index (χ4n) is 2.10. The number of nitrogens with one attached hydrogen (secondary N) is 2. The van der Waals surface area contributed by atoms with Crippen LogP contribution in [0.2, 0.25) is 0 Å². The normalized spacial score (nSPS) is 11.6. The van der Waals surface area contributed by atoms with Crippen LogP contribution in [0.1, 0.15) is 24.7 Å². The lowest BCUT2D eigenvalue weighted by Crippen LogP contribution is -2.15. The van der Waals surface area contributed by atoms with Crippen molar-refractivity contribution in [2.24, 2.45) is 0 Å². The molecule has 0 aromatic heterocycles. The van der Waals surface area contributed by atoms with Gasteiger partial charge >= 0.3 is 0 Å². The number of amides is 2. The third-order valence-electron chi connectivity index (χ3n) is 3.20. The van der Waals surface area contributed by atoms with E-state index in [9.17, 15) is 9.59 Å². The standard InChI is InChI=1S/C18H20N2O2S/c1-13(15-7-4-3-5-8-15)23-12-18(22)20-17-10-6-9-16(11-17)19-14(2)21/h3-11,13H,12H2,1-2H3,(H,19,21)(H,20,22)/t13-/m1/s1. The zero-order valence-corrected chi connectivity index (χ0v) is 14.0. The highest BCUT2D eigenvalue weighted by atomic mass is 32.2. The Balaban J connectivity index is 1.86. The molecule has 0 aliphatic carbocycles. The Morgan fingerprint density at radius 2 is 1.65 bits per heavy atom. The molecule has 2 amide bonds. The first-order valence-corrected chi connectivity index (χ1v) is 8.43. The molecule has 0 saturated heterocycles. The lowest BCUT2D eigenvalue weighted by atomic mass is 10.2. The average molecular weight is 328 g/mol. The fourth-order valence-corrected chi connectivity index (χ4v) is 2.92. The maximum absolute atomic E-state index is 12.1. The number of carbonyl (C=O) groups excluding carboxylic acids is 2. The van der Waals surface area contributed by atoms with Gasteiger partial charge in [0.15, 0.2) is 0 Å². The van der Waals surface area contributed by atoms with Crippen molar-refractivity contribution in [3.8, 4) is 0 Å². The Kier molecular flexibility index (Phi) is 6.23. The molecule has 0 heterocycles. The largest absolute Gasteiger partial charge is 0.326 e. The molecule has 0 radical (unpaired) electrons. The summed E-state index contributed by atoms with van der Waals surface area (Å²) in [7, 11) is 0. The van der Waals surface area contributed by atoms with Crippen LogP contribution in [-0.2, 0) is 9.59 Å². The SMILES string of the molecule is CC(=O)Nc1cccc(NC(=O)CS[C@H](C)c2ccccc2)c1. The highest BCUT2D eigenvalue weighted by molar-refractivity contribution is 8.00. The molecule has 2 rings (SSSR count). The van der Waals surface area contributed by atoms with Crippen LogP contribution in [0.5, 0.6) is 0 Å². The summed E-state index contributed by atoms with van der Waals surface area (Å²) in [5.41, 5.74) is 2.55. The van der Waals surface area contributed by atoms with E-state index in [1.807, 2.05) is 18.2 Å². The van der Waals surface area contributed by atoms with Gasteiger partial charge in [-0.15, -0.1) is 11.8 Å².